The minimum Gasteiger partial charge on any atom is -0.481 e. The van der Waals surface area contributed by atoms with Crippen LogP contribution < -0.4 is 0 Å². The largest absolute Gasteiger partial charge is 0.481 e. The highest BCUT2D eigenvalue weighted by Gasteiger charge is 2.30. The molecule has 24 heavy (non-hydrogen) atoms. The number of alkyl halides is 3. The molecule has 0 aliphatic heterocycles. The second-order valence-electron chi connectivity index (χ2n) is 5.56. The van der Waals surface area contributed by atoms with Gasteiger partial charge in [-0.1, -0.05) is 30.3 Å². The number of aromatic amines is 1. The first kappa shape index (κ1) is 16.1. The van der Waals surface area contributed by atoms with Gasteiger partial charge in [0.25, 0.3) is 0 Å². The van der Waals surface area contributed by atoms with Crippen LogP contribution in [0.25, 0.3) is 10.9 Å². The van der Waals surface area contributed by atoms with E-state index in [1.165, 1.54) is 12.1 Å². The summed E-state index contributed by atoms with van der Waals surface area (Å²) < 4.78 is 38.1. The summed E-state index contributed by atoms with van der Waals surface area (Å²) in [5.41, 5.74) is 1.40. The monoisotopic (exact) mass is 333 g/mol. The number of rotatable bonds is 4. The second kappa shape index (κ2) is 6.03. The van der Waals surface area contributed by atoms with Gasteiger partial charge in [0, 0.05) is 23.0 Å². The van der Waals surface area contributed by atoms with Crippen molar-refractivity contribution < 1.29 is 23.1 Å². The molecule has 0 bridgehead atoms. The Morgan fingerprint density at radius 3 is 2.38 bits per heavy atom. The van der Waals surface area contributed by atoms with Crippen molar-refractivity contribution in [3.8, 4) is 0 Å². The van der Waals surface area contributed by atoms with Crippen LogP contribution in [0.3, 0.4) is 0 Å². The summed E-state index contributed by atoms with van der Waals surface area (Å²) in [5, 5.41) is 10.1. The fourth-order valence-electron chi connectivity index (χ4n) is 2.87. The fourth-order valence-corrected chi connectivity index (χ4v) is 2.87. The minimum atomic E-state index is -4.42. The zero-order chi connectivity index (χ0) is 17.3. The van der Waals surface area contributed by atoms with Gasteiger partial charge in [-0.3, -0.25) is 4.79 Å². The Bertz CT molecular complexity index is 866. The highest BCUT2D eigenvalue weighted by Crippen LogP contribution is 2.35. The molecule has 124 valence electrons. The molecule has 0 aliphatic rings. The maximum atomic E-state index is 12.7. The van der Waals surface area contributed by atoms with E-state index in [9.17, 15) is 23.1 Å². The van der Waals surface area contributed by atoms with E-state index in [0.29, 0.717) is 5.56 Å². The molecule has 0 aliphatic carbocycles. The van der Waals surface area contributed by atoms with E-state index >= 15 is 0 Å². The number of benzene rings is 2. The Hall–Kier alpha value is -2.76. The van der Waals surface area contributed by atoms with Gasteiger partial charge in [0.15, 0.2) is 0 Å². The van der Waals surface area contributed by atoms with Crippen molar-refractivity contribution in [2.24, 2.45) is 0 Å². The van der Waals surface area contributed by atoms with Crippen LogP contribution in [0.5, 0.6) is 0 Å². The third-order valence-corrected chi connectivity index (χ3v) is 4.02. The van der Waals surface area contributed by atoms with Crippen LogP contribution in [-0.4, -0.2) is 16.1 Å². The molecule has 1 heterocycles. The number of aliphatic carboxylic acids is 1. The van der Waals surface area contributed by atoms with Crippen molar-refractivity contribution in [3.05, 3.63) is 71.4 Å². The van der Waals surface area contributed by atoms with Crippen LogP contribution >= 0.6 is 0 Å². The number of halogens is 3. The molecule has 1 aromatic heterocycles. The number of carbonyl (C=O) groups is 1. The van der Waals surface area contributed by atoms with E-state index in [2.05, 4.69) is 4.98 Å². The highest BCUT2D eigenvalue weighted by atomic mass is 19.4. The first-order chi connectivity index (χ1) is 11.4. The zero-order valence-electron chi connectivity index (χ0n) is 12.5. The van der Waals surface area contributed by atoms with Crippen molar-refractivity contribution in [1.29, 1.82) is 0 Å². The number of para-hydroxylation sites is 1. The molecule has 3 rings (SSSR count). The number of carboxylic acid groups (broad SMARTS) is 1. The van der Waals surface area contributed by atoms with Gasteiger partial charge in [-0.25, -0.2) is 0 Å². The number of hydrogen-bond donors (Lipinski definition) is 2. The zero-order valence-corrected chi connectivity index (χ0v) is 12.5. The third kappa shape index (κ3) is 3.13. The lowest BCUT2D eigenvalue weighted by Crippen LogP contribution is -2.09. The Morgan fingerprint density at radius 1 is 1.08 bits per heavy atom. The first-order valence-corrected chi connectivity index (χ1v) is 7.31. The molecule has 0 radical (unpaired) electrons. The summed E-state index contributed by atoms with van der Waals surface area (Å²) in [4.78, 5) is 14.3. The summed E-state index contributed by atoms with van der Waals surface area (Å²) in [7, 11) is 0. The number of fused-ring (bicyclic) bond motifs is 1. The van der Waals surface area contributed by atoms with Crippen molar-refractivity contribution >= 4 is 16.9 Å². The fraction of sp³-hybridized carbons (Fsp3) is 0.167. The Labute approximate surface area is 135 Å². The number of hydrogen-bond acceptors (Lipinski definition) is 1. The van der Waals surface area contributed by atoms with Crippen molar-refractivity contribution in [1.82, 2.24) is 4.98 Å². The molecular formula is C18H14F3NO2. The van der Waals surface area contributed by atoms with E-state index in [-0.39, 0.29) is 6.42 Å². The van der Waals surface area contributed by atoms with E-state index in [0.717, 1.165) is 28.6 Å². The van der Waals surface area contributed by atoms with Crippen LogP contribution in [0.15, 0.2) is 54.7 Å². The molecule has 6 heteroatoms. The summed E-state index contributed by atoms with van der Waals surface area (Å²) in [6, 6.07) is 12.1. The van der Waals surface area contributed by atoms with Gasteiger partial charge in [-0.05, 0) is 29.3 Å². The van der Waals surface area contributed by atoms with Crippen LogP contribution in [-0.2, 0) is 11.0 Å². The molecular weight excluding hydrogens is 319 g/mol. The number of nitrogens with one attached hydrogen (secondary N) is 1. The molecule has 2 aromatic carbocycles. The van der Waals surface area contributed by atoms with E-state index in [4.69, 9.17) is 0 Å². The van der Waals surface area contributed by atoms with Crippen molar-refractivity contribution in [2.75, 3.05) is 0 Å². The van der Waals surface area contributed by atoms with E-state index < -0.39 is 23.6 Å². The average molecular weight is 333 g/mol. The smallest absolute Gasteiger partial charge is 0.416 e. The van der Waals surface area contributed by atoms with Crippen molar-refractivity contribution in [3.63, 3.8) is 0 Å². The molecule has 3 aromatic rings. The normalized spacial score (nSPS) is 13.1. The molecule has 1 unspecified atom stereocenters. The predicted molar refractivity (Wildman–Crippen MR) is 83.8 cm³/mol. The topological polar surface area (TPSA) is 53.1 Å². The molecule has 3 nitrogen and oxygen atoms in total. The van der Waals surface area contributed by atoms with E-state index in [1.807, 2.05) is 24.3 Å². The second-order valence-corrected chi connectivity index (χ2v) is 5.56. The average Bonchev–Trinajstić information content (AvgIpc) is 2.96. The van der Waals surface area contributed by atoms with Gasteiger partial charge in [-0.15, -0.1) is 0 Å². The van der Waals surface area contributed by atoms with Crippen LogP contribution in [0.1, 0.15) is 29.0 Å². The molecule has 0 saturated heterocycles. The standard InChI is InChI=1S/C18H14F3NO2/c19-18(20,21)12-7-5-11(6-8-12)14(9-17(23)24)15-10-22-16-4-2-1-3-13(15)16/h1-8,10,14,22H,9H2,(H,23,24). The molecule has 2 N–H and O–H groups in total. The summed E-state index contributed by atoms with van der Waals surface area (Å²) >= 11 is 0. The number of H-pyrrole nitrogens is 1. The van der Waals surface area contributed by atoms with Gasteiger partial charge in [0.2, 0.25) is 0 Å². The van der Waals surface area contributed by atoms with Gasteiger partial charge >= 0.3 is 12.1 Å². The Balaban J connectivity index is 2.05. The maximum absolute atomic E-state index is 12.7. The molecule has 0 saturated carbocycles. The van der Waals surface area contributed by atoms with Gasteiger partial charge in [0.1, 0.15) is 0 Å². The highest BCUT2D eigenvalue weighted by molar-refractivity contribution is 5.85. The third-order valence-electron chi connectivity index (χ3n) is 4.02. The Morgan fingerprint density at radius 2 is 1.75 bits per heavy atom. The molecule has 0 spiro atoms. The lowest BCUT2D eigenvalue weighted by molar-refractivity contribution is -0.138. The van der Waals surface area contributed by atoms with E-state index in [1.54, 1.807) is 6.20 Å². The van der Waals surface area contributed by atoms with Crippen LogP contribution in [0.2, 0.25) is 0 Å². The quantitative estimate of drug-likeness (QED) is 0.721. The Kier molecular flexibility index (Phi) is 4.05. The van der Waals surface area contributed by atoms with Crippen LogP contribution in [0, 0.1) is 0 Å². The SMILES string of the molecule is O=C(O)CC(c1ccc(C(F)(F)F)cc1)c1c[nH]c2ccccc12. The van der Waals surface area contributed by atoms with Gasteiger partial charge in [-0.2, -0.15) is 13.2 Å². The lowest BCUT2D eigenvalue weighted by Gasteiger charge is -2.16. The molecule has 0 amide bonds. The minimum absolute atomic E-state index is 0.201. The predicted octanol–water partition coefficient (Wildman–Crippen LogP) is 4.79. The van der Waals surface area contributed by atoms with Crippen molar-refractivity contribution in [2.45, 2.75) is 18.5 Å². The summed E-state index contributed by atoms with van der Waals surface area (Å²) in [5.74, 6) is -1.54. The summed E-state index contributed by atoms with van der Waals surface area (Å²) in [6.45, 7) is 0. The number of aromatic nitrogens is 1. The maximum Gasteiger partial charge on any atom is 0.416 e. The lowest BCUT2D eigenvalue weighted by atomic mass is 9.88. The van der Waals surface area contributed by atoms with Gasteiger partial charge in [0.05, 0.1) is 12.0 Å². The van der Waals surface area contributed by atoms with Crippen LogP contribution in [0.4, 0.5) is 13.2 Å². The molecule has 0 fully saturated rings. The molecule has 1 atom stereocenters. The summed E-state index contributed by atoms with van der Waals surface area (Å²) in [6.07, 6.45) is -2.90. The first-order valence-electron chi connectivity index (χ1n) is 7.31. The number of carboxylic acids is 1. The van der Waals surface area contributed by atoms with Gasteiger partial charge < -0.3 is 10.1 Å².